The molecule has 0 radical (unpaired) electrons. The lowest BCUT2D eigenvalue weighted by Gasteiger charge is -2.02. The maximum absolute atomic E-state index is 12.0. The number of thiophene rings is 1. The summed E-state index contributed by atoms with van der Waals surface area (Å²) in [6.07, 6.45) is 0.423. The van der Waals surface area contributed by atoms with Crippen LogP contribution in [0.25, 0.3) is 0 Å². The van der Waals surface area contributed by atoms with Crippen molar-refractivity contribution in [2.45, 2.75) is 6.42 Å². The molecule has 0 aliphatic carbocycles. The molecule has 17 heavy (non-hydrogen) atoms. The number of benzene rings is 1. The van der Waals surface area contributed by atoms with Crippen molar-refractivity contribution in [3.05, 3.63) is 49.0 Å². The Labute approximate surface area is 120 Å². The molecule has 88 valence electrons. The fourth-order valence-corrected chi connectivity index (χ4v) is 3.27. The van der Waals surface area contributed by atoms with Crippen molar-refractivity contribution in [2.24, 2.45) is 0 Å². The number of anilines is 1. The second kappa shape index (κ2) is 5.33. The SMILES string of the molecule is Nc1ccc(C(=O)Cc2ccc(Br)s2)cc1Br. The third-order valence-electron chi connectivity index (χ3n) is 2.29. The smallest absolute Gasteiger partial charge is 0.168 e. The lowest BCUT2D eigenvalue weighted by Crippen LogP contribution is -2.02. The number of nitrogens with two attached hydrogens (primary N) is 1. The molecule has 0 aliphatic rings. The zero-order valence-electron chi connectivity index (χ0n) is 8.74. The molecule has 2 aromatic rings. The van der Waals surface area contributed by atoms with Gasteiger partial charge in [0.05, 0.1) is 3.79 Å². The van der Waals surface area contributed by atoms with E-state index in [1.165, 1.54) is 0 Å². The number of Topliss-reactive ketones (excluding diaryl/α,β-unsaturated/α-hetero) is 1. The molecule has 0 saturated carbocycles. The van der Waals surface area contributed by atoms with Gasteiger partial charge in [-0.3, -0.25) is 4.79 Å². The highest BCUT2D eigenvalue weighted by Crippen LogP contribution is 2.25. The largest absolute Gasteiger partial charge is 0.398 e. The van der Waals surface area contributed by atoms with Gasteiger partial charge in [-0.25, -0.2) is 0 Å². The number of halogens is 2. The van der Waals surface area contributed by atoms with E-state index in [9.17, 15) is 4.79 Å². The van der Waals surface area contributed by atoms with Crippen molar-refractivity contribution in [1.82, 2.24) is 0 Å². The summed E-state index contributed by atoms with van der Waals surface area (Å²) in [7, 11) is 0. The molecule has 0 saturated heterocycles. The topological polar surface area (TPSA) is 43.1 Å². The maximum atomic E-state index is 12.0. The first-order valence-electron chi connectivity index (χ1n) is 4.88. The van der Waals surface area contributed by atoms with Gasteiger partial charge in [-0.1, -0.05) is 0 Å². The van der Waals surface area contributed by atoms with Gasteiger partial charge in [0.15, 0.2) is 5.78 Å². The van der Waals surface area contributed by atoms with E-state index in [1.54, 1.807) is 29.5 Å². The van der Waals surface area contributed by atoms with Gasteiger partial charge in [-0.05, 0) is 62.2 Å². The molecule has 0 spiro atoms. The molecule has 0 amide bonds. The fraction of sp³-hybridized carbons (Fsp3) is 0.0833. The minimum Gasteiger partial charge on any atom is -0.398 e. The van der Waals surface area contributed by atoms with Crippen molar-refractivity contribution < 1.29 is 4.79 Å². The van der Waals surface area contributed by atoms with Crippen molar-refractivity contribution in [3.63, 3.8) is 0 Å². The van der Waals surface area contributed by atoms with E-state index in [2.05, 4.69) is 31.9 Å². The first-order valence-corrected chi connectivity index (χ1v) is 7.29. The van der Waals surface area contributed by atoms with Crippen LogP contribution in [0.15, 0.2) is 38.6 Å². The third-order valence-corrected chi connectivity index (χ3v) is 4.60. The van der Waals surface area contributed by atoms with E-state index in [0.717, 1.165) is 13.1 Å². The summed E-state index contributed by atoms with van der Waals surface area (Å²) in [4.78, 5) is 13.1. The second-order valence-corrected chi connectivity index (χ2v) is 6.94. The Morgan fingerprint density at radius 3 is 2.59 bits per heavy atom. The monoisotopic (exact) mass is 373 g/mol. The minimum absolute atomic E-state index is 0.0973. The highest BCUT2D eigenvalue weighted by molar-refractivity contribution is 9.11. The van der Waals surface area contributed by atoms with Crippen molar-refractivity contribution in [1.29, 1.82) is 0 Å². The molecule has 0 atom stereocenters. The lowest BCUT2D eigenvalue weighted by atomic mass is 10.1. The Bertz CT molecular complexity index is 565. The average Bonchev–Trinajstić information content (AvgIpc) is 2.68. The number of rotatable bonds is 3. The molecule has 2 nitrogen and oxygen atoms in total. The Morgan fingerprint density at radius 2 is 2.00 bits per heavy atom. The van der Waals surface area contributed by atoms with Crippen LogP contribution in [0.4, 0.5) is 5.69 Å². The van der Waals surface area contributed by atoms with Gasteiger partial charge in [0.25, 0.3) is 0 Å². The highest BCUT2D eigenvalue weighted by atomic mass is 79.9. The fourth-order valence-electron chi connectivity index (χ4n) is 1.41. The normalized spacial score (nSPS) is 10.5. The molecule has 2 N–H and O–H groups in total. The number of nitrogen functional groups attached to an aromatic ring is 1. The summed E-state index contributed by atoms with van der Waals surface area (Å²) >= 11 is 8.28. The quantitative estimate of drug-likeness (QED) is 0.643. The molecular weight excluding hydrogens is 366 g/mol. The van der Waals surface area contributed by atoms with Crippen LogP contribution in [-0.4, -0.2) is 5.78 Å². The van der Waals surface area contributed by atoms with Crippen LogP contribution in [0, 0.1) is 0 Å². The standard InChI is InChI=1S/C12H9Br2NOS/c13-9-5-7(1-3-10(9)15)11(16)6-8-2-4-12(14)17-8/h1-5H,6,15H2. The molecule has 2 rings (SSSR count). The Morgan fingerprint density at radius 1 is 1.24 bits per heavy atom. The minimum atomic E-state index is 0.0973. The highest BCUT2D eigenvalue weighted by Gasteiger charge is 2.10. The molecular formula is C12H9Br2NOS. The molecule has 1 heterocycles. The van der Waals surface area contributed by atoms with Crippen LogP contribution in [0.5, 0.6) is 0 Å². The Hall–Kier alpha value is -0.650. The second-order valence-electron chi connectivity index (χ2n) is 3.54. The molecule has 0 aliphatic heterocycles. The Kier molecular flexibility index (Phi) is 4.01. The summed E-state index contributed by atoms with van der Waals surface area (Å²) in [5, 5.41) is 0. The summed E-state index contributed by atoms with van der Waals surface area (Å²) in [5.74, 6) is 0.0973. The summed E-state index contributed by atoms with van der Waals surface area (Å²) < 4.78 is 1.80. The van der Waals surface area contributed by atoms with Gasteiger partial charge < -0.3 is 5.73 Å². The van der Waals surface area contributed by atoms with Crippen LogP contribution in [0.1, 0.15) is 15.2 Å². The van der Waals surface area contributed by atoms with Gasteiger partial charge in [0, 0.05) is 27.0 Å². The summed E-state index contributed by atoms with van der Waals surface area (Å²) in [5.41, 5.74) is 7.00. The molecule has 5 heteroatoms. The molecule has 1 aromatic heterocycles. The molecule has 0 fully saturated rings. The molecule has 1 aromatic carbocycles. The van der Waals surface area contributed by atoms with Gasteiger partial charge in [0.2, 0.25) is 0 Å². The van der Waals surface area contributed by atoms with E-state index in [1.807, 2.05) is 12.1 Å². The van der Waals surface area contributed by atoms with Crippen LogP contribution < -0.4 is 5.73 Å². The van der Waals surface area contributed by atoms with E-state index in [-0.39, 0.29) is 5.78 Å². The summed E-state index contributed by atoms with van der Waals surface area (Å²) in [6.45, 7) is 0. The predicted octanol–water partition coefficient (Wildman–Crippen LogP) is 4.28. The van der Waals surface area contributed by atoms with Gasteiger partial charge >= 0.3 is 0 Å². The van der Waals surface area contributed by atoms with Crippen molar-refractivity contribution >= 4 is 54.7 Å². The Balaban J connectivity index is 2.17. The van der Waals surface area contributed by atoms with Crippen LogP contribution in [0.2, 0.25) is 0 Å². The lowest BCUT2D eigenvalue weighted by molar-refractivity contribution is 0.0994. The molecule has 0 bridgehead atoms. The van der Waals surface area contributed by atoms with E-state index in [0.29, 0.717) is 17.7 Å². The van der Waals surface area contributed by atoms with Gasteiger partial charge in [0.1, 0.15) is 0 Å². The van der Waals surface area contributed by atoms with E-state index in [4.69, 9.17) is 5.73 Å². The van der Waals surface area contributed by atoms with Crippen LogP contribution in [0.3, 0.4) is 0 Å². The van der Waals surface area contributed by atoms with E-state index >= 15 is 0 Å². The van der Waals surface area contributed by atoms with Gasteiger partial charge in [-0.15, -0.1) is 11.3 Å². The first kappa shape index (κ1) is 12.8. The zero-order valence-corrected chi connectivity index (χ0v) is 12.7. The third kappa shape index (κ3) is 3.18. The van der Waals surface area contributed by atoms with E-state index < -0.39 is 0 Å². The number of hydrogen-bond donors (Lipinski definition) is 1. The average molecular weight is 375 g/mol. The number of carbonyl (C=O) groups is 1. The molecule has 0 unspecified atom stereocenters. The first-order chi connectivity index (χ1) is 8.06. The van der Waals surface area contributed by atoms with Crippen LogP contribution in [-0.2, 0) is 6.42 Å². The zero-order chi connectivity index (χ0) is 12.4. The van der Waals surface area contributed by atoms with Crippen molar-refractivity contribution in [3.8, 4) is 0 Å². The van der Waals surface area contributed by atoms with Crippen LogP contribution >= 0.6 is 43.2 Å². The number of hydrogen-bond acceptors (Lipinski definition) is 3. The van der Waals surface area contributed by atoms with Crippen molar-refractivity contribution in [2.75, 3.05) is 5.73 Å². The predicted molar refractivity (Wildman–Crippen MR) is 78.6 cm³/mol. The maximum Gasteiger partial charge on any atom is 0.168 e. The number of ketones is 1. The number of carbonyl (C=O) groups excluding carboxylic acids is 1. The summed E-state index contributed by atoms with van der Waals surface area (Å²) in [6, 6.07) is 9.16. The van der Waals surface area contributed by atoms with Gasteiger partial charge in [-0.2, -0.15) is 0 Å².